The fourth-order valence-electron chi connectivity index (χ4n) is 5.03. The van der Waals surface area contributed by atoms with E-state index < -0.39 is 23.7 Å². The largest absolute Gasteiger partial charge is 0.507 e. The maximum Gasteiger partial charge on any atom is 0.350 e. The number of hydrogen-bond acceptors (Lipinski definition) is 9. The van der Waals surface area contributed by atoms with Crippen LogP contribution in [0.2, 0.25) is 0 Å². The first-order valence-electron chi connectivity index (χ1n) is 12.8. The molecule has 0 bridgehead atoms. The molecule has 0 spiro atoms. The van der Waals surface area contributed by atoms with E-state index in [1.165, 1.54) is 11.0 Å². The minimum absolute atomic E-state index is 0.0154. The molecule has 1 unspecified atom stereocenters. The summed E-state index contributed by atoms with van der Waals surface area (Å²) in [5, 5.41) is 13.4. The van der Waals surface area contributed by atoms with Crippen LogP contribution in [0.4, 0.5) is 5.13 Å². The van der Waals surface area contributed by atoms with E-state index in [-0.39, 0.29) is 27.9 Å². The zero-order valence-electron chi connectivity index (χ0n) is 22.0. The summed E-state index contributed by atoms with van der Waals surface area (Å²) in [4.78, 5) is 46.0. The Morgan fingerprint density at radius 1 is 1.12 bits per heavy atom. The van der Waals surface area contributed by atoms with Crippen molar-refractivity contribution in [1.82, 2.24) is 4.98 Å². The van der Waals surface area contributed by atoms with E-state index in [1.54, 1.807) is 25.1 Å². The van der Waals surface area contributed by atoms with Crippen molar-refractivity contribution in [2.24, 2.45) is 0 Å². The number of anilines is 1. The third kappa shape index (κ3) is 4.52. The average molecular weight is 569 g/mol. The van der Waals surface area contributed by atoms with Crippen LogP contribution in [-0.2, 0) is 14.3 Å². The van der Waals surface area contributed by atoms with Crippen LogP contribution < -0.4 is 14.4 Å². The molecule has 1 saturated heterocycles. The van der Waals surface area contributed by atoms with E-state index >= 15 is 0 Å². The summed E-state index contributed by atoms with van der Waals surface area (Å²) in [6.45, 7) is 5.95. The zero-order chi connectivity index (χ0) is 28.7. The van der Waals surface area contributed by atoms with Crippen molar-refractivity contribution in [2.45, 2.75) is 13.0 Å². The van der Waals surface area contributed by atoms with Gasteiger partial charge in [0.2, 0.25) is 0 Å². The number of aromatic nitrogens is 1. The standard InChI is InChI=1S/C31H24N2O7S/c1-3-13-40-30(37)28-17(2)32-31(41-28)33-25(21-10-6-8-18-7-4-5-9-20(18)21)24(27(35)29(33)36)26(34)19-11-12-22-23(16-19)39-15-14-38-22/h3-12,16,25,34H,1,13-15H2,2H3/b26-24+. The summed E-state index contributed by atoms with van der Waals surface area (Å²) in [5.74, 6) is -1.77. The Morgan fingerprint density at radius 2 is 1.88 bits per heavy atom. The summed E-state index contributed by atoms with van der Waals surface area (Å²) in [7, 11) is 0. The van der Waals surface area contributed by atoms with Crippen LogP contribution >= 0.6 is 11.3 Å². The molecule has 0 saturated carbocycles. The van der Waals surface area contributed by atoms with Gasteiger partial charge < -0.3 is 19.3 Å². The highest BCUT2D eigenvalue weighted by atomic mass is 32.1. The molecular formula is C31H24N2O7S. The number of hydrogen-bond donors (Lipinski definition) is 1. The lowest BCUT2D eigenvalue weighted by Crippen LogP contribution is -2.29. The minimum Gasteiger partial charge on any atom is -0.507 e. The van der Waals surface area contributed by atoms with Crippen LogP contribution in [0, 0.1) is 6.92 Å². The smallest absolute Gasteiger partial charge is 0.350 e. The van der Waals surface area contributed by atoms with Gasteiger partial charge in [0.25, 0.3) is 5.78 Å². The van der Waals surface area contributed by atoms with Gasteiger partial charge in [-0.3, -0.25) is 14.5 Å². The molecule has 3 aromatic carbocycles. The Kier molecular flexibility index (Phi) is 6.76. The highest BCUT2D eigenvalue weighted by Crippen LogP contribution is 2.46. The number of aliphatic hydroxyl groups excluding tert-OH is 1. The first-order chi connectivity index (χ1) is 19.9. The van der Waals surface area contributed by atoms with Gasteiger partial charge in [0, 0.05) is 5.56 Å². The van der Waals surface area contributed by atoms with E-state index in [0.717, 1.165) is 22.1 Å². The van der Waals surface area contributed by atoms with Crippen molar-refractivity contribution < 1.29 is 33.7 Å². The van der Waals surface area contributed by atoms with Crippen LogP contribution in [0.5, 0.6) is 11.5 Å². The van der Waals surface area contributed by atoms with Crippen molar-refractivity contribution in [2.75, 3.05) is 24.7 Å². The number of carbonyl (C=O) groups is 3. The zero-order valence-corrected chi connectivity index (χ0v) is 22.8. The summed E-state index contributed by atoms with van der Waals surface area (Å²) >= 11 is 0.945. The average Bonchev–Trinajstić information content (AvgIpc) is 3.50. The molecule has 0 radical (unpaired) electrons. The Labute approximate surface area is 238 Å². The van der Waals surface area contributed by atoms with E-state index in [9.17, 15) is 19.5 Å². The number of esters is 1. The van der Waals surface area contributed by atoms with Gasteiger partial charge >= 0.3 is 11.9 Å². The SMILES string of the molecule is C=CCOC(=O)c1sc(N2C(=O)C(=O)/C(=C(/O)c3ccc4c(c3)OCCO4)C2c2cccc3ccccc23)nc1C. The molecule has 1 aromatic heterocycles. The molecule has 1 N–H and O–H groups in total. The maximum atomic E-state index is 13.7. The Morgan fingerprint density at radius 3 is 2.68 bits per heavy atom. The Balaban J connectivity index is 1.55. The number of benzene rings is 3. The van der Waals surface area contributed by atoms with Gasteiger partial charge in [0.1, 0.15) is 30.5 Å². The molecule has 10 heteroatoms. The second-order valence-electron chi connectivity index (χ2n) is 9.39. The monoisotopic (exact) mass is 568 g/mol. The van der Waals surface area contributed by atoms with Gasteiger partial charge in [-0.05, 0) is 41.5 Å². The Bertz CT molecular complexity index is 1770. The molecule has 41 heavy (non-hydrogen) atoms. The lowest BCUT2D eigenvalue weighted by molar-refractivity contribution is -0.132. The first kappa shape index (κ1) is 26.3. The lowest BCUT2D eigenvalue weighted by Gasteiger charge is -2.24. The van der Waals surface area contributed by atoms with E-state index in [4.69, 9.17) is 14.2 Å². The van der Waals surface area contributed by atoms with Gasteiger partial charge in [-0.25, -0.2) is 9.78 Å². The van der Waals surface area contributed by atoms with Crippen molar-refractivity contribution in [3.63, 3.8) is 0 Å². The van der Waals surface area contributed by atoms with Gasteiger partial charge in [0.15, 0.2) is 16.6 Å². The van der Waals surface area contributed by atoms with Crippen LogP contribution in [0.1, 0.15) is 32.5 Å². The summed E-state index contributed by atoms with van der Waals surface area (Å²) in [6.07, 6.45) is 1.45. The molecule has 1 amide bonds. The fourth-order valence-corrected chi connectivity index (χ4v) is 6.02. The molecule has 9 nitrogen and oxygen atoms in total. The van der Waals surface area contributed by atoms with Crippen LogP contribution in [-0.4, -0.2) is 47.6 Å². The van der Waals surface area contributed by atoms with Crippen LogP contribution in [0.3, 0.4) is 0 Å². The highest BCUT2D eigenvalue weighted by Gasteiger charge is 2.49. The van der Waals surface area contributed by atoms with Crippen LogP contribution in [0.15, 0.2) is 78.9 Å². The second-order valence-corrected chi connectivity index (χ2v) is 10.4. The summed E-state index contributed by atoms with van der Waals surface area (Å²) in [5.41, 5.74) is 1.16. The van der Waals surface area contributed by atoms with Gasteiger partial charge in [-0.1, -0.05) is 66.5 Å². The number of Topliss-reactive ketones (excluding diaryl/α,β-unsaturated/α-hetero) is 1. The molecule has 2 aliphatic heterocycles. The number of thiazole rings is 1. The predicted molar refractivity (Wildman–Crippen MR) is 153 cm³/mol. The number of carbonyl (C=O) groups excluding carboxylic acids is 3. The number of aryl methyl sites for hydroxylation is 1. The van der Waals surface area contributed by atoms with E-state index in [0.29, 0.717) is 41.5 Å². The minimum atomic E-state index is -1.03. The number of ketones is 1. The third-order valence-electron chi connectivity index (χ3n) is 6.89. The molecule has 3 heterocycles. The molecule has 206 valence electrons. The van der Waals surface area contributed by atoms with E-state index in [2.05, 4.69) is 11.6 Å². The fraction of sp³-hybridized carbons (Fsp3) is 0.161. The second kappa shape index (κ2) is 10.5. The molecule has 4 aromatic rings. The topological polar surface area (TPSA) is 115 Å². The molecule has 2 aliphatic rings. The molecular weight excluding hydrogens is 544 g/mol. The highest BCUT2D eigenvalue weighted by molar-refractivity contribution is 7.17. The third-order valence-corrected chi connectivity index (χ3v) is 8.02. The maximum absolute atomic E-state index is 13.7. The number of amides is 1. The quantitative estimate of drug-likeness (QED) is 0.109. The predicted octanol–water partition coefficient (Wildman–Crippen LogP) is 5.35. The lowest BCUT2D eigenvalue weighted by atomic mass is 9.91. The number of rotatable bonds is 6. The molecule has 6 rings (SSSR count). The normalized spacial score (nSPS) is 17.6. The van der Waals surface area contributed by atoms with Gasteiger partial charge in [-0.2, -0.15) is 0 Å². The van der Waals surface area contributed by atoms with E-state index in [1.807, 2.05) is 42.5 Å². The van der Waals surface area contributed by atoms with Gasteiger partial charge in [0.05, 0.1) is 17.3 Å². The number of aliphatic hydroxyl groups is 1. The van der Waals surface area contributed by atoms with Crippen molar-refractivity contribution in [1.29, 1.82) is 0 Å². The van der Waals surface area contributed by atoms with Crippen molar-refractivity contribution >= 4 is 50.7 Å². The summed E-state index contributed by atoms with van der Waals surface area (Å²) < 4.78 is 16.4. The molecule has 1 atom stereocenters. The number of fused-ring (bicyclic) bond motifs is 2. The van der Waals surface area contributed by atoms with Crippen molar-refractivity contribution in [3.8, 4) is 11.5 Å². The molecule has 1 fully saturated rings. The van der Waals surface area contributed by atoms with Crippen molar-refractivity contribution in [3.05, 3.63) is 101 Å². The van der Waals surface area contributed by atoms with Gasteiger partial charge in [-0.15, -0.1) is 0 Å². The summed E-state index contributed by atoms with van der Waals surface area (Å²) in [6, 6.07) is 16.9. The first-order valence-corrected chi connectivity index (χ1v) is 13.6. The number of ether oxygens (including phenoxy) is 3. The molecule has 0 aliphatic carbocycles. The Hall–Kier alpha value is -4.96. The van der Waals surface area contributed by atoms with Crippen LogP contribution in [0.25, 0.3) is 16.5 Å². The number of nitrogens with zero attached hydrogens (tertiary/aromatic N) is 2.